The van der Waals surface area contributed by atoms with Crippen molar-refractivity contribution in [2.45, 2.75) is 32.7 Å². The lowest BCUT2D eigenvalue weighted by Crippen LogP contribution is -2.36. The van der Waals surface area contributed by atoms with Crippen molar-refractivity contribution in [3.05, 3.63) is 70.8 Å². The lowest BCUT2D eigenvalue weighted by Gasteiger charge is -2.19. The number of carboxylic acid groups (broad SMARTS) is 1. The molecule has 27 heavy (non-hydrogen) atoms. The highest BCUT2D eigenvalue weighted by atomic mass is 16.4. The first kappa shape index (κ1) is 20.2. The molecule has 0 radical (unpaired) electrons. The van der Waals surface area contributed by atoms with E-state index < -0.39 is 5.97 Å². The molecule has 0 saturated heterocycles. The van der Waals surface area contributed by atoms with E-state index in [1.165, 1.54) is 12.1 Å². The van der Waals surface area contributed by atoms with Crippen LogP contribution < -0.4 is 10.6 Å². The summed E-state index contributed by atoms with van der Waals surface area (Å²) in [7, 11) is 0. The smallest absolute Gasteiger partial charge is 0.335 e. The molecule has 2 amide bonds. The van der Waals surface area contributed by atoms with Gasteiger partial charge in [0, 0.05) is 12.1 Å². The highest BCUT2D eigenvalue weighted by molar-refractivity contribution is 5.96. The van der Waals surface area contributed by atoms with Crippen molar-refractivity contribution in [3.63, 3.8) is 0 Å². The van der Waals surface area contributed by atoms with Crippen LogP contribution in [0.15, 0.2) is 48.5 Å². The van der Waals surface area contributed by atoms with Crippen LogP contribution in [0.4, 0.5) is 0 Å². The van der Waals surface area contributed by atoms with Crippen molar-refractivity contribution in [3.8, 4) is 0 Å². The second kappa shape index (κ2) is 8.49. The highest BCUT2D eigenvalue weighted by Gasteiger charge is 2.14. The Labute approximate surface area is 158 Å². The van der Waals surface area contributed by atoms with Crippen LogP contribution in [0.1, 0.15) is 52.6 Å². The Morgan fingerprint density at radius 3 is 2.19 bits per heavy atom. The maximum atomic E-state index is 12.1. The number of hydrogen-bond acceptors (Lipinski definition) is 3. The largest absolute Gasteiger partial charge is 0.478 e. The minimum atomic E-state index is -1.02. The summed E-state index contributed by atoms with van der Waals surface area (Å²) in [6, 6.07) is 13.6. The van der Waals surface area contributed by atoms with E-state index in [9.17, 15) is 14.4 Å². The molecule has 0 saturated carbocycles. The lowest BCUT2D eigenvalue weighted by atomic mass is 9.87. The molecule has 2 aromatic carbocycles. The summed E-state index contributed by atoms with van der Waals surface area (Å²) in [5.41, 5.74) is 2.46. The van der Waals surface area contributed by atoms with Crippen molar-refractivity contribution in [2.24, 2.45) is 0 Å². The maximum absolute atomic E-state index is 12.1. The third-order valence-electron chi connectivity index (χ3n) is 4.09. The van der Waals surface area contributed by atoms with Crippen LogP contribution in [0, 0.1) is 0 Å². The maximum Gasteiger partial charge on any atom is 0.335 e. The summed E-state index contributed by atoms with van der Waals surface area (Å²) in [6.45, 7) is 6.32. The molecule has 6 nitrogen and oxygen atoms in total. The number of carbonyl (C=O) groups excluding carboxylic acids is 2. The van der Waals surface area contributed by atoms with Gasteiger partial charge >= 0.3 is 5.97 Å². The predicted molar refractivity (Wildman–Crippen MR) is 103 cm³/mol. The fourth-order valence-electron chi connectivity index (χ4n) is 2.46. The molecule has 6 heteroatoms. The number of hydrogen-bond donors (Lipinski definition) is 3. The Bertz CT molecular complexity index is 836. The van der Waals surface area contributed by atoms with Gasteiger partial charge < -0.3 is 15.7 Å². The lowest BCUT2D eigenvalue weighted by molar-refractivity contribution is -0.120. The van der Waals surface area contributed by atoms with E-state index in [0.717, 1.165) is 5.56 Å². The van der Waals surface area contributed by atoms with E-state index in [2.05, 4.69) is 31.4 Å². The van der Waals surface area contributed by atoms with E-state index in [-0.39, 0.29) is 35.9 Å². The monoisotopic (exact) mass is 368 g/mol. The molecule has 142 valence electrons. The average molecular weight is 368 g/mol. The van der Waals surface area contributed by atoms with E-state index in [0.29, 0.717) is 11.1 Å². The Kier molecular flexibility index (Phi) is 6.34. The van der Waals surface area contributed by atoms with Crippen molar-refractivity contribution < 1.29 is 19.5 Å². The Morgan fingerprint density at radius 1 is 0.926 bits per heavy atom. The van der Waals surface area contributed by atoms with Gasteiger partial charge in [0.2, 0.25) is 5.91 Å². The molecule has 3 N–H and O–H groups in total. The van der Waals surface area contributed by atoms with Crippen LogP contribution in [0.5, 0.6) is 0 Å². The highest BCUT2D eigenvalue weighted by Crippen LogP contribution is 2.22. The van der Waals surface area contributed by atoms with Crippen LogP contribution in [-0.2, 0) is 16.8 Å². The second-order valence-electron chi connectivity index (χ2n) is 7.29. The zero-order chi connectivity index (χ0) is 20.0. The molecular weight excluding hydrogens is 344 g/mol. The van der Waals surface area contributed by atoms with Gasteiger partial charge in [0.1, 0.15) is 0 Å². The van der Waals surface area contributed by atoms with Crippen LogP contribution in [0.2, 0.25) is 0 Å². The molecule has 2 rings (SSSR count). The van der Waals surface area contributed by atoms with E-state index in [4.69, 9.17) is 5.11 Å². The number of nitrogens with one attached hydrogen (secondary N) is 2. The van der Waals surface area contributed by atoms with E-state index in [1.54, 1.807) is 24.3 Å². The number of rotatable bonds is 6. The van der Waals surface area contributed by atoms with Crippen LogP contribution in [-0.4, -0.2) is 29.4 Å². The number of benzene rings is 2. The number of carboxylic acids is 1. The fraction of sp³-hybridized carbons (Fsp3) is 0.286. The molecule has 0 spiro atoms. The summed E-state index contributed by atoms with van der Waals surface area (Å²) in [5.74, 6) is -1.69. The van der Waals surface area contributed by atoms with Gasteiger partial charge in [-0.25, -0.2) is 4.79 Å². The van der Waals surface area contributed by atoms with Gasteiger partial charge in [-0.15, -0.1) is 0 Å². The number of amides is 2. The second-order valence-corrected chi connectivity index (χ2v) is 7.29. The minimum Gasteiger partial charge on any atom is -0.478 e. The van der Waals surface area contributed by atoms with Crippen LogP contribution in [0.25, 0.3) is 0 Å². The molecule has 0 aliphatic rings. The standard InChI is InChI=1S/C21H24N2O4/c1-21(2,3)17-9-7-15(8-10-17)19(25)23-13-18(24)22-12-14-5-4-6-16(11-14)20(26)27/h4-11H,12-13H2,1-3H3,(H,22,24)(H,23,25)(H,26,27). The predicted octanol–water partition coefficient (Wildman–Crippen LogP) is 2.73. The SMILES string of the molecule is CC(C)(C)c1ccc(C(=O)NCC(=O)NCc2cccc(C(=O)O)c2)cc1. The third kappa shape index (κ3) is 5.95. The van der Waals surface area contributed by atoms with Gasteiger partial charge in [-0.2, -0.15) is 0 Å². The Morgan fingerprint density at radius 2 is 1.59 bits per heavy atom. The zero-order valence-electron chi connectivity index (χ0n) is 15.7. The molecule has 0 heterocycles. The van der Waals surface area contributed by atoms with Crippen LogP contribution in [0.3, 0.4) is 0 Å². The van der Waals surface area contributed by atoms with Gasteiger partial charge in [0.25, 0.3) is 5.91 Å². The molecular formula is C21H24N2O4. The molecule has 2 aromatic rings. The number of carbonyl (C=O) groups is 3. The molecule has 0 fully saturated rings. The van der Waals surface area contributed by atoms with Gasteiger partial charge in [0.15, 0.2) is 0 Å². The first-order chi connectivity index (χ1) is 12.7. The summed E-state index contributed by atoms with van der Waals surface area (Å²) in [5, 5.41) is 14.2. The summed E-state index contributed by atoms with van der Waals surface area (Å²) >= 11 is 0. The minimum absolute atomic E-state index is 0.00678. The first-order valence-electron chi connectivity index (χ1n) is 8.64. The van der Waals surface area contributed by atoms with Crippen molar-refractivity contribution in [1.29, 1.82) is 0 Å². The normalized spacial score (nSPS) is 10.9. The molecule has 0 unspecified atom stereocenters. The van der Waals surface area contributed by atoms with Gasteiger partial charge in [-0.1, -0.05) is 45.0 Å². The fourth-order valence-corrected chi connectivity index (χ4v) is 2.46. The molecule has 0 bridgehead atoms. The van der Waals surface area contributed by atoms with Gasteiger partial charge in [-0.05, 0) is 40.8 Å². The molecule has 0 atom stereocenters. The van der Waals surface area contributed by atoms with Gasteiger partial charge in [0.05, 0.1) is 12.1 Å². The van der Waals surface area contributed by atoms with E-state index >= 15 is 0 Å². The third-order valence-corrected chi connectivity index (χ3v) is 4.09. The van der Waals surface area contributed by atoms with E-state index in [1.807, 2.05) is 12.1 Å². The molecule has 0 aromatic heterocycles. The van der Waals surface area contributed by atoms with Crippen LogP contribution >= 0.6 is 0 Å². The average Bonchev–Trinajstić information content (AvgIpc) is 2.64. The Balaban J connectivity index is 1.83. The zero-order valence-corrected chi connectivity index (χ0v) is 15.7. The first-order valence-corrected chi connectivity index (χ1v) is 8.64. The van der Waals surface area contributed by atoms with Crippen molar-refractivity contribution >= 4 is 17.8 Å². The quantitative estimate of drug-likeness (QED) is 0.730. The topological polar surface area (TPSA) is 95.5 Å². The Hall–Kier alpha value is -3.15. The molecule has 0 aliphatic heterocycles. The summed E-state index contributed by atoms with van der Waals surface area (Å²) in [4.78, 5) is 35.0. The van der Waals surface area contributed by atoms with Crippen molar-refractivity contribution in [2.75, 3.05) is 6.54 Å². The number of aromatic carboxylic acids is 1. The van der Waals surface area contributed by atoms with Gasteiger partial charge in [-0.3, -0.25) is 9.59 Å². The summed E-state index contributed by atoms with van der Waals surface area (Å²) in [6.07, 6.45) is 0. The molecule has 0 aliphatic carbocycles. The van der Waals surface area contributed by atoms with Crippen molar-refractivity contribution in [1.82, 2.24) is 10.6 Å². The summed E-state index contributed by atoms with van der Waals surface area (Å²) < 4.78 is 0.